The average Bonchev–Trinajstić information content (AvgIpc) is 3.33. The van der Waals surface area contributed by atoms with E-state index in [9.17, 15) is 14.4 Å². The second-order valence-corrected chi connectivity index (χ2v) is 7.54. The number of rotatable bonds is 3. The van der Waals surface area contributed by atoms with Gasteiger partial charge < -0.3 is 14.3 Å². The predicted octanol–water partition coefficient (Wildman–Crippen LogP) is 3.37. The van der Waals surface area contributed by atoms with Gasteiger partial charge in [-0.15, -0.1) is 0 Å². The summed E-state index contributed by atoms with van der Waals surface area (Å²) in [5, 5.41) is 0.594. The van der Waals surface area contributed by atoms with E-state index in [1.807, 2.05) is 6.07 Å². The van der Waals surface area contributed by atoms with Crippen LogP contribution in [0.4, 0.5) is 0 Å². The molecule has 2 aromatic rings. The van der Waals surface area contributed by atoms with E-state index in [1.54, 1.807) is 36.4 Å². The van der Waals surface area contributed by atoms with E-state index < -0.39 is 23.2 Å². The molecular weight excluding hydrogens is 374 g/mol. The molecule has 7 heteroatoms. The maximum atomic E-state index is 13.4. The number of hydroxylamine groups is 2. The maximum Gasteiger partial charge on any atom is 0.343 e. The summed E-state index contributed by atoms with van der Waals surface area (Å²) in [6.07, 6.45) is 3.88. The van der Waals surface area contributed by atoms with Gasteiger partial charge in [0.25, 0.3) is 11.8 Å². The largest absolute Gasteiger partial charge is 0.454 e. The van der Waals surface area contributed by atoms with Crippen molar-refractivity contribution >= 4 is 17.8 Å². The van der Waals surface area contributed by atoms with Crippen LogP contribution in [0, 0.1) is 0 Å². The van der Waals surface area contributed by atoms with Crippen LogP contribution in [0.25, 0.3) is 0 Å². The summed E-state index contributed by atoms with van der Waals surface area (Å²) in [5.41, 5.74) is 0.300. The third kappa shape index (κ3) is 2.68. The predicted molar refractivity (Wildman–Crippen MR) is 100 cm³/mol. The van der Waals surface area contributed by atoms with Gasteiger partial charge in [0.1, 0.15) is 0 Å². The topological polar surface area (TPSA) is 82.1 Å². The summed E-state index contributed by atoms with van der Waals surface area (Å²) in [5.74, 6) is -0.605. The Hall–Kier alpha value is -3.35. The Kier molecular flexibility index (Phi) is 4.04. The molecule has 3 aliphatic rings. The molecule has 5 rings (SSSR count). The molecule has 2 aromatic carbocycles. The third-order valence-corrected chi connectivity index (χ3v) is 5.95. The zero-order valence-electron chi connectivity index (χ0n) is 15.7. The molecule has 2 amide bonds. The Balaban J connectivity index is 1.47. The van der Waals surface area contributed by atoms with Crippen LogP contribution in [-0.2, 0) is 15.0 Å². The SMILES string of the molecule is O=C1c2ccccc2C(=O)N1OC(=O)C1(c2ccc3c(c2)OCO3)CCCCC1. The molecule has 2 heterocycles. The molecule has 1 fully saturated rings. The molecule has 148 valence electrons. The fourth-order valence-corrected chi connectivity index (χ4v) is 4.38. The summed E-state index contributed by atoms with van der Waals surface area (Å²) in [6.45, 7) is 0.144. The fourth-order valence-electron chi connectivity index (χ4n) is 4.38. The number of ether oxygens (including phenoxy) is 2. The lowest BCUT2D eigenvalue weighted by atomic mass is 9.69. The normalized spacial score (nSPS) is 19.2. The molecule has 0 spiro atoms. The van der Waals surface area contributed by atoms with Gasteiger partial charge in [-0.05, 0) is 42.7 Å². The molecule has 29 heavy (non-hydrogen) atoms. The first kappa shape index (κ1) is 17.7. The van der Waals surface area contributed by atoms with E-state index in [0.717, 1.165) is 24.8 Å². The first-order valence-corrected chi connectivity index (χ1v) is 9.70. The molecule has 0 aromatic heterocycles. The first-order valence-electron chi connectivity index (χ1n) is 9.70. The fraction of sp³-hybridized carbons (Fsp3) is 0.318. The van der Waals surface area contributed by atoms with Gasteiger partial charge in [0, 0.05) is 0 Å². The summed E-state index contributed by atoms with van der Waals surface area (Å²) < 4.78 is 10.8. The van der Waals surface area contributed by atoms with Gasteiger partial charge in [-0.3, -0.25) is 9.59 Å². The maximum absolute atomic E-state index is 13.4. The van der Waals surface area contributed by atoms with Crippen LogP contribution < -0.4 is 9.47 Å². The van der Waals surface area contributed by atoms with Crippen molar-refractivity contribution in [2.24, 2.45) is 0 Å². The molecule has 1 aliphatic carbocycles. The van der Waals surface area contributed by atoms with Crippen molar-refractivity contribution in [3.63, 3.8) is 0 Å². The minimum absolute atomic E-state index is 0.144. The zero-order chi connectivity index (χ0) is 20.0. The number of hydrogen-bond acceptors (Lipinski definition) is 6. The van der Waals surface area contributed by atoms with E-state index in [0.29, 0.717) is 29.4 Å². The summed E-state index contributed by atoms with van der Waals surface area (Å²) in [4.78, 5) is 44.1. The van der Waals surface area contributed by atoms with Gasteiger partial charge >= 0.3 is 5.97 Å². The zero-order valence-corrected chi connectivity index (χ0v) is 15.7. The molecule has 0 radical (unpaired) electrons. The molecule has 0 bridgehead atoms. The lowest BCUT2D eigenvalue weighted by molar-refractivity contribution is -0.177. The highest BCUT2D eigenvalue weighted by Gasteiger charge is 2.47. The lowest BCUT2D eigenvalue weighted by Crippen LogP contribution is -2.44. The molecule has 0 atom stereocenters. The van der Waals surface area contributed by atoms with Gasteiger partial charge in [-0.25, -0.2) is 4.79 Å². The number of hydrogen-bond donors (Lipinski definition) is 0. The van der Waals surface area contributed by atoms with Gasteiger partial charge in [0.05, 0.1) is 16.5 Å². The Bertz CT molecular complexity index is 989. The highest BCUT2D eigenvalue weighted by atomic mass is 16.7. The highest BCUT2D eigenvalue weighted by Crippen LogP contribution is 2.44. The van der Waals surface area contributed by atoms with Crippen LogP contribution in [0.1, 0.15) is 58.4 Å². The Labute approximate surface area is 167 Å². The van der Waals surface area contributed by atoms with E-state index >= 15 is 0 Å². The molecule has 0 N–H and O–H groups in total. The summed E-state index contributed by atoms with van der Waals surface area (Å²) >= 11 is 0. The van der Waals surface area contributed by atoms with Crippen LogP contribution in [0.15, 0.2) is 42.5 Å². The first-order chi connectivity index (χ1) is 14.1. The highest BCUT2D eigenvalue weighted by molar-refractivity contribution is 6.21. The molecule has 0 saturated heterocycles. The second-order valence-electron chi connectivity index (χ2n) is 7.54. The number of carbonyl (C=O) groups excluding carboxylic acids is 3. The molecular formula is C22H19NO6. The van der Waals surface area contributed by atoms with Crippen LogP contribution in [0.3, 0.4) is 0 Å². The lowest BCUT2D eigenvalue weighted by Gasteiger charge is -2.35. The Morgan fingerprint density at radius 3 is 2.24 bits per heavy atom. The van der Waals surface area contributed by atoms with E-state index in [1.165, 1.54) is 0 Å². The number of imide groups is 1. The minimum atomic E-state index is -0.936. The number of benzene rings is 2. The van der Waals surface area contributed by atoms with Crippen molar-refractivity contribution in [3.8, 4) is 11.5 Å². The van der Waals surface area contributed by atoms with Crippen molar-refractivity contribution in [1.82, 2.24) is 5.06 Å². The van der Waals surface area contributed by atoms with Gasteiger partial charge in [-0.1, -0.05) is 42.5 Å². The van der Waals surface area contributed by atoms with Crippen molar-refractivity contribution in [2.45, 2.75) is 37.5 Å². The molecule has 2 aliphatic heterocycles. The van der Waals surface area contributed by atoms with Crippen LogP contribution in [0.5, 0.6) is 11.5 Å². The third-order valence-electron chi connectivity index (χ3n) is 5.95. The number of amides is 2. The number of carbonyl (C=O) groups is 3. The van der Waals surface area contributed by atoms with Crippen molar-refractivity contribution < 1.29 is 28.7 Å². The van der Waals surface area contributed by atoms with E-state index in [-0.39, 0.29) is 17.9 Å². The Morgan fingerprint density at radius 2 is 1.55 bits per heavy atom. The molecule has 0 unspecified atom stereocenters. The van der Waals surface area contributed by atoms with Crippen molar-refractivity contribution in [3.05, 3.63) is 59.2 Å². The van der Waals surface area contributed by atoms with Crippen molar-refractivity contribution in [2.75, 3.05) is 6.79 Å². The van der Waals surface area contributed by atoms with Gasteiger partial charge in [0.15, 0.2) is 11.5 Å². The van der Waals surface area contributed by atoms with Crippen LogP contribution in [-0.4, -0.2) is 29.6 Å². The smallest absolute Gasteiger partial charge is 0.343 e. The van der Waals surface area contributed by atoms with E-state index in [2.05, 4.69) is 0 Å². The van der Waals surface area contributed by atoms with Crippen molar-refractivity contribution in [1.29, 1.82) is 0 Å². The van der Waals surface area contributed by atoms with Gasteiger partial charge in [0.2, 0.25) is 6.79 Å². The monoisotopic (exact) mass is 393 g/mol. The quantitative estimate of drug-likeness (QED) is 0.744. The second kappa shape index (κ2) is 6.62. The Morgan fingerprint density at radius 1 is 0.897 bits per heavy atom. The van der Waals surface area contributed by atoms with Gasteiger partial charge in [-0.2, -0.15) is 0 Å². The van der Waals surface area contributed by atoms with Crippen LogP contribution >= 0.6 is 0 Å². The minimum Gasteiger partial charge on any atom is -0.454 e. The average molecular weight is 393 g/mol. The van der Waals surface area contributed by atoms with E-state index in [4.69, 9.17) is 14.3 Å². The van der Waals surface area contributed by atoms with Crippen LogP contribution in [0.2, 0.25) is 0 Å². The standard InChI is InChI=1S/C22H19NO6/c24-19-15-6-2-3-7-16(15)20(25)23(19)29-21(26)22(10-4-1-5-11-22)14-8-9-17-18(12-14)28-13-27-17/h2-3,6-9,12H,1,4-5,10-11,13H2. The number of fused-ring (bicyclic) bond motifs is 2. The summed E-state index contributed by atoms with van der Waals surface area (Å²) in [6, 6.07) is 11.9. The summed E-state index contributed by atoms with van der Waals surface area (Å²) in [7, 11) is 0. The molecule has 1 saturated carbocycles. The molecule has 7 nitrogen and oxygen atoms in total. The number of nitrogens with zero attached hydrogens (tertiary/aromatic N) is 1.